The van der Waals surface area contributed by atoms with Gasteiger partial charge in [-0.2, -0.15) is 17.0 Å². The molecule has 1 aliphatic heterocycles. The molecule has 1 fully saturated rings. The van der Waals surface area contributed by atoms with E-state index in [4.69, 9.17) is 5.11 Å². The summed E-state index contributed by atoms with van der Waals surface area (Å²) in [6.45, 7) is 0.486. The van der Waals surface area contributed by atoms with E-state index < -0.39 is 22.1 Å². The lowest BCUT2D eigenvalue weighted by Gasteiger charge is -2.31. The van der Waals surface area contributed by atoms with Crippen LogP contribution in [0.1, 0.15) is 12.8 Å². The summed E-state index contributed by atoms with van der Waals surface area (Å²) < 4.78 is 25.8. The molecule has 0 aliphatic carbocycles. The van der Waals surface area contributed by atoms with Crippen molar-refractivity contribution >= 4 is 16.2 Å². The van der Waals surface area contributed by atoms with E-state index in [-0.39, 0.29) is 6.54 Å². The first-order valence-corrected chi connectivity index (χ1v) is 6.16. The van der Waals surface area contributed by atoms with E-state index in [1.807, 2.05) is 0 Å². The second-order valence-corrected chi connectivity index (χ2v) is 5.97. The Morgan fingerprint density at radius 2 is 2.07 bits per heavy atom. The van der Waals surface area contributed by atoms with E-state index in [0.717, 1.165) is 4.31 Å². The summed E-state index contributed by atoms with van der Waals surface area (Å²) in [5.74, 6) is -1.50. The highest BCUT2D eigenvalue weighted by atomic mass is 32.2. The predicted octanol–water partition coefficient (Wildman–Crippen LogP) is -0.411. The van der Waals surface area contributed by atoms with Crippen molar-refractivity contribution in [1.29, 1.82) is 0 Å². The third kappa shape index (κ3) is 2.67. The number of hydrogen-bond acceptors (Lipinski definition) is 3. The fraction of sp³-hybridized carbons (Fsp3) is 0.875. The van der Waals surface area contributed by atoms with Gasteiger partial charge in [0.15, 0.2) is 0 Å². The van der Waals surface area contributed by atoms with Gasteiger partial charge in [0, 0.05) is 27.2 Å². The molecule has 1 saturated heterocycles. The van der Waals surface area contributed by atoms with Crippen molar-refractivity contribution < 1.29 is 18.3 Å². The Hall–Kier alpha value is -0.660. The molecule has 1 rings (SSSR count). The van der Waals surface area contributed by atoms with Gasteiger partial charge < -0.3 is 5.11 Å². The molecular weight excluding hydrogens is 220 g/mol. The van der Waals surface area contributed by atoms with Crippen LogP contribution in [0.2, 0.25) is 0 Å². The highest BCUT2D eigenvalue weighted by Gasteiger charge is 2.33. The summed E-state index contributed by atoms with van der Waals surface area (Å²) in [6.07, 6.45) is 1.15. The monoisotopic (exact) mass is 236 g/mol. The topological polar surface area (TPSA) is 77.9 Å². The quantitative estimate of drug-likeness (QED) is 0.722. The average Bonchev–Trinajstić information content (AvgIpc) is 2.17. The van der Waals surface area contributed by atoms with E-state index >= 15 is 0 Å². The number of rotatable bonds is 3. The van der Waals surface area contributed by atoms with Gasteiger partial charge in [-0.05, 0) is 12.8 Å². The number of aliphatic carboxylic acids is 1. The van der Waals surface area contributed by atoms with Crippen LogP contribution < -0.4 is 0 Å². The summed E-state index contributed by atoms with van der Waals surface area (Å²) in [6, 6.07) is 0. The number of hydrogen-bond donors (Lipinski definition) is 1. The van der Waals surface area contributed by atoms with Crippen LogP contribution >= 0.6 is 0 Å². The molecule has 15 heavy (non-hydrogen) atoms. The zero-order valence-electron chi connectivity index (χ0n) is 8.88. The minimum Gasteiger partial charge on any atom is -0.481 e. The molecule has 0 aromatic rings. The largest absolute Gasteiger partial charge is 0.481 e. The van der Waals surface area contributed by atoms with E-state index in [0.29, 0.717) is 19.4 Å². The van der Waals surface area contributed by atoms with Crippen LogP contribution in [0, 0.1) is 5.92 Å². The van der Waals surface area contributed by atoms with Gasteiger partial charge >= 0.3 is 5.97 Å². The first-order valence-electron chi connectivity index (χ1n) is 4.76. The molecule has 1 N–H and O–H groups in total. The smallest absolute Gasteiger partial charge is 0.307 e. The van der Waals surface area contributed by atoms with Crippen molar-refractivity contribution in [2.24, 2.45) is 5.92 Å². The molecule has 7 heteroatoms. The number of nitrogens with zero attached hydrogens (tertiary/aromatic N) is 2. The highest BCUT2D eigenvalue weighted by Crippen LogP contribution is 2.20. The third-order valence-corrected chi connectivity index (χ3v) is 4.43. The van der Waals surface area contributed by atoms with Gasteiger partial charge in [-0.15, -0.1) is 0 Å². The van der Waals surface area contributed by atoms with Gasteiger partial charge in [0.2, 0.25) is 0 Å². The number of carbonyl (C=O) groups is 1. The van der Waals surface area contributed by atoms with Gasteiger partial charge in [-0.25, -0.2) is 0 Å². The Bertz CT molecular complexity index is 339. The summed E-state index contributed by atoms with van der Waals surface area (Å²) in [4.78, 5) is 10.8. The van der Waals surface area contributed by atoms with Crippen molar-refractivity contribution in [2.75, 3.05) is 27.2 Å². The van der Waals surface area contributed by atoms with Crippen LogP contribution in [0.15, 0.2) is 0 Å². The molecule has 1 heterocycles. The molecule has 0 radical (unpaired) electrons. The number of carboxylic acid groups (broad SMARTS) is 1. The second kappa shape index (κ2) is 4.46. The fourth-order valence-electron chi connectivity index (χ4n) is 1.58. The van der Waals surface area contributed by atoms with Gasteiger partial charge in [-0.3, -0.25) is 4.79 Å². The second-order valence-electron chi connectivity index (χ2n) is 3.83. The van der Waals surface area contributed by atoms with Crippen LogP contribution in [0.4, 0.5) is 0 Å². The molecular formula is C8H16N2O4S. The maximum Gasteiger partial charge on any atom is 0.307 e. The third-order valence-electron chi connectivity index (χ3n) is 2.52. The maximum atomic E-state index is 11.7. The van der Waals surface area contributed by atoms with Crippen LogP contribution in [-0.2, 0) is 15.0 Å². The predicted molar refractivity (Wildman–Crippen MR) is 54.5 cm³/mol. The lowest BCUT2D eigenvalue weighted by atomic mass is 10.0. The Balaban J connectivity index is 2.77. The van der Waals surface area contributed by atoms with Crippen LogP contribution in [0.25, 0.3) is 0 Å². The minimum absolute atomic E-state index is 0.0792. The van der Waals surface area contributed by atoms with Crippen LogP contribution in [0.5, 0.6) is 0 Å². The molecule has 0 aromatic carbocycles. The minimum atomic E-state index is -3.46. The lowest BCUT2D eigenvalue weighted by molar-refractivity contribution is -0.142. The van der Waals surface area contributed by atoms with Crippen LogP contribution in [0.3, 0.4) is 0 Å². The molecule has 6 nitrogen and oxygen atoms in total. The van der Waals surface area contributed by atoms with Crippen LogP contribution in [-0.4, -0.2) is 55.3 Å². The fourth-order valence-corrected chi connectivity index (χ4v) is 2.77. The van der Waals surface area contributed by atoms with Gasteiger partial charge in [0.1, 0.15) is 0 Å². The Kier molecular flexibility index (Phi) is 3.69. The zero-order valence-corrected chi connectivity index (χ0v) is 9.70. The lowest BCUT2D eigenvalue weighted by Crippen LogP contribution is -2.46. The van der Waals surface area contributed by atoms with Gasteiger partial charge in [0.25, 0.3) is 10.2 Å². The maximum absolute atomic E-state index is 11.7. The number of carboxylic acids is 1. The first-order chi connectivity index (χ1) is 6.85. The number of piperidine rings is 1. The molecule has 1 atom stereocenters. The standard InChI is InChI=1S/C8H16N2O4S/c1-9(2)15(13,14)10-5-3-4-7(6-10)8(11)12/h7H,3-6H2,1-2H3,(H,11,12). The van der Waals surface area contributed by atoms with Crippen molar-refractivity contribution in [3.8, 4) is 0 Å². The van der Waals surface area contributed by atoms with Gasteiger partial charge in [0.05, 0.1) is 5.92 Å². The highest BCUT2D eigenvalue weighted by molar-refractivity contribution is 7.86. The van der Waals surface area contributed by atoms with E-state index in [1.165, 1.54) is 18.4 Å². The zero-order chi connectivity index (χ0) is 11.6. The molecule has 0 aromatic heterocycles. The normalized spacial score (nSPS) is 24.3. The van der Waals surface area contributed by atoms with Crippen molar-refractivity contribution in [3.63, 3.8) is 0 Å². The summed E-state index contributed by atoms with van der Waals surface area (Å²) in [5, 5.41) is 8.83. The molecule has 1 aliphatic rings. The molecule has 1 unspecified atom stereocenters. The Labute approximate surface area is 89.7 Å². The summed E-state index contributed by atoms with van der Waals surface area (Å²) in [5.41, 5.74) is 0. The molecule has 0 amide bonds. The molecule has 88 valence electrons. The molecule has 0 bridgehead atoms. The van der Waals surface area contributed by atoms with Crippen molar-refractivity contribution in [2.45, 2.75) is 12.8 Å². The van der Waals surface area contributed by atoms with E-state index in [9.17, 15) is 13.2 Å². The van der Waals surface area contributed by atoms with E-state index in [2.05, 4.69) is 0 Å². The van der Waals surface area contributed by atoms with Crippen molar-refractivity contribution in [3.05, 3.63) is 0 Å². The van der Waals surface area contributed by atoms with Crippen molar-refractivity contribution in [1.82, 2.24) is 8.61 Å². The summed E-state index contributed by atoms with van der Waals surface area (Å²) >= 11 is 0. The Morgan fingerprint density at radius 1 is 1.47 bits per heavy atom. The van der Waals surface area contributed by atoms with Gasteiger partial charge in [-0.1, -0.05) is 0 Å². The summed E-state index contributed by atoms with van der Waals surface area (Å²) in [7, 11) is -0.575. The van der Waals surface area contributed by atoms with E-state index in [1.54, 1.807) is 0 Å². The first kappa shape index (κ1) is 12.4. The molecule has 0 spiro atoms. The average molecular weight is 236 g/mol. The Morgan fingerprint density at radius 3 is 2.53 bits per heavy atom. The SMILES string of the molecule is CN(C)S(=O)(=O)N1CCCC(C(=O)O)C1. The molecule has 0 saturated carbocycles.